The van der Waals surface area contributed by atoms with Gasteiger partial charge in [-0.1, -0.05) is 23.2 Å². The standard InChI is InChI=1S/C16H13Cl2NO5/c1-21-13-5-12(19)10(17)4-9(13)16(20)22-6-8-2-11(18)15-14(3-8)23-7-24-15/h2-5H,6-7,19H2,1H3. The number of carbonyl (C=O) groups excluding carboxylic acids is 1. The Hall–Kier alpha value is -2.31. The smallest absolute Gasteiger partial charge is 0.342 e. The van der Waals surface area contributed by atoms with Crippen molar-refractivity contribution in [3.05, 3.63) is 45.4 Å². The fraction of sp³-hybridized carbons (Fsp3) is 0.188. The lowest BCUT2D eigenvalue weighted by atomic mass is 10.1. The number of rotatable bonds is 4. The third kappa shape index (κ3) is 3.16. The Bertz CT molecular complexity index is 810. The molecule has 1 aliphatic heterocycles. The van der Waals surface area contributed by atoms with E-state index in [-0.39, 0.29) is 29.7 Å². The molecule has 2 aromatic carbocycles. The largest absolute Gasteiger partial charge is 0.496 e. The number of methoxy groups -OCH3 is 1. The van der Waals surface area contributed by atoms with Crippen LogP contribution in [0.15, 0.2) is 24.3 Å². The molecule has 1 aliphatic rings. The second-order valence-corrected chi connectivity index (χ2v) is 5.78. The number of esters is 1. The van der Waals surface area contributed by atoms with Crippen LogP contribution in [-0.4, -0.2) is 19.9 Å². The third-order valence-corrected chi connectivity index (χ3v) is 4.00. The van der Waals surface area contributed by atoms with E-state index in [2.05, 4.69) is 0 Å². The molecule has 0 bridgehead atoms. The van der Waals surface area contributed by atoms with E-state index in [1.807, 2.05) is 0 Å². The molecule has 0 spiro atoms. The highest BCUT2D eigenvalue weighted by molar-refractivity contribution is 6.33. The minimum Gasteiger partial charge on any atom is -0.496 e. The quantitative estimate of drug-likeness (QED) is 0.654. The third-order valence-electron chi connectivity index (χ3n) is 3.40. The van der Waals surface area contributed by atoms with E-state index in [9.17, 15) is 4.79 Å². The number of hydrogen-bond acceptors (Lipinski definition) is 6. The van der Waals surface area contributed by atoms with Crippen LogP contribution < -0.4 is 19.9 Å². The molecule has 0 aromatic heterocycles. The van der Waals surface area contributed by atoms with Crippen molar-refractivity contribution < 1.29 is 23.7 Å². The first-order valence-corrected chi connectivity index (χ1v) is 7.63. The van der Waals surface area contributed by atoms with Gasteiger partial charge in [0.15, 0.2) is 11.5 Å². The molecule has 0 aliphatic carbocycles. The van der Waals surface area contributed by atoms with Gasteiger partial charge in [0.2, 0.25) is 6.79 Å². The van der Waals surface area contributed by atoms with Crippen LogP contribution in [0.25, 0.3) is 0 Å². The van der Waals surface area contributed by atoms with Crippen LogP contribution in [0.1, 0.15) is 15.9 Å². The van der Waals surface area contributed by atoms with Gasteiger partial charge in [-0.25, -0.2) is 4.79 Å². The van der Waals surface area contributed by atoms with Crippen molar-refractivity contribution in [2.24, 2.45) is 0 Å². The molecule has 3 rings (SSSR count). The summed E-state index contributed by atoms with van der Waals surface area (Å²) in [5, 5.41) is 0.637. The SMILES string of the molecule is COc1cc(N)c(Cl)cc1C(=O)OCc1cc(Cl)c2c(c1)OCO2. The maximum absolute atomic E-state index is 12.3. The molecular weight excluding hydrogens is 357 g/mol. The number of benzene rings is 2. The maximum Gasteiger partial charge on any atom is 0.342 e. The summed E-state index contributed by atoms with van der Waals surface area (Å²) < 4.78 is 20.9. The summed E-state index contributed by atoms with van der Waals surface area (Å²) in [6, 6.07) is 6.23. The van der Waals surface area contributed by atoms with Crippen LogP contribution >= 0.6 is 23.2 Å². The van der Waals surface area contributed by atoms with Crippen LogP contribution in [0.2, 0.25) is 10.0 Å². The van der Waals surface area contributed by atoms with E-state index in [4.69, 9.17) is 47.9 Å². The number of ether oxygens (including phenoxy) is 4. The summed E-state index contributed by atoms with van der Waals surface area (Å²) in [6.45, 7) is 0.111. The zero-order valence-corrected chi connectivity index (χ0v) is 14.1. The Morgan fingerprint density at radius 3 is 2.75 bits per heavy atom. The van der Waals surface area contributed by atoms with E-state index in [1.165, 1.54) is 19.2 Å². The van der Waals surface area contributed by atoms with E-state index in [1.54, 1.807) is 12.1 Å². The molecule has 0 amide bonds. The zero-order chi connectivity index (χ0) is 17.3. The second kappa shape index (κ2) is 6.67. The molecule has 8 heteroatoms. The fourth-order valence-electron chi connectivity index (χ4n) is 2.23. The van der Waals surface area contributed by atoms with Crippen molar-refractivity contribution >= 4 is 34.9 Å². The van der Waals surface area contributed by atoms with Gasteiger partial charge in [0.1, 0.15) is 17.9 Å². The first-order valence-electron chi connectivity index (χ1n) is 6.87. The lowest BCUT2D eigenvalue weighted by molar-refractivity contribution is 0.0469. The molecule has 126 valence electrons. The number of fused-ring (bicyclic) bond motifs is 1. The van der Waals surface area contributed by atoms with Crippen LogP contribution in [0.4, 0.5) is 5.69 Å². The van der Waals surface area contributed by atoms with Crippen molar-refractivity contribution in [2.75, 3.05) is 19.6 Å². The minimum atomic E-state index is -0.595. The molecule has 0 unspecified atom stereocenters. The maximum atomic E-state index is 12.3. The Balaban J connectivity index is 1.77. The molecule has 0 fully saturated rings. The number of anilines is 1. The summed E-state index contributed by atoms with van der Waals surface area (Å²) in [7, 11) is 1.43. The Morgan fingerprint density at radius 1 is 1.21 bits per heavy atom. The molecule has 2 aromatic rings. The molecule has 6 nitrogen and oxygen atoms in total. The van der Waals surface area contributed by atoms with Gasteiger partial charge in [-0.3, -0.25) is 0 Å². The lowest BCUT2D eigenvalue weighted by Crippen LogP contribution is -2.08. The zero-order valence-electron chi connectivity index (χ0n) is 12.6. The van der Waals surface area contributed by atoms with Crippen LogP contribution in [0.5, 0.6) is 17.2 Å². The molecular formula is C16H13Cl2NO5. The highest BCUT2D eigenvalue weighted by Gasteiger charge is 2.20. The van der Waals surface area contributed by atoms with Gasteiger partial charge in [0.05, 0.1) is 22.8 Å². The summed E-state index contributed by atoms with van der Waals surface area (Å²) in [5.74, 6) is 0.688. The number of halogens is 2. The van der Waals surface area contributed by atoms with Gasteiger partial charge in [-0.2, -0.15) is 0 Å². The second-order valence-electron chi connectivity index (χ2n) is 4.96. The van der Waals surface area contributed by atoms with Crippen LogP contribution in [0, 0.1) is 0 Å². The number of hydrogen-bond donors (Lipinski definition) is 1. The monoisotopic (exact) mass is 369 g/mol. The predicted octanol–water partition coefficient (Wildman–Crippen LogP) is 3.67. The summed E-state index contributed by atoms with van der Waals surface area (Å²) >= 11 is 12.0. The minimum absolute atomic E-state index is 0.000340. The van der Waals surface area contributed by atoms with E-state index < -0.39 is 5.97 Å². The van der Waals surface area contributed by atoms with Crippen molar-refractivity contribution in [3.63, 3.8) is 0 Å². The highest BCUT2D eigenvalue weighted by Crippen LogP contribution is 2.40. The predicted molar refractivity (Wildman–Crippen MR) is 89.1 cm³/mol. The van der Waals surface area contributed by atoms with Gasteiger partial charge >= 0.3 is 5.97 Å². The topological polar surface area (TPSA) is 80.0 Å². The lowest BCUT2D eigenvalue weighted by Gasteiger charge is -2.11. The average molecular weight is 370 g/mol. The Morgan fingerprint density at radius 2 is 2.00 bits per heavy atom. The molecule has 0 saturated carbocycles. The number of nitrogen functional groups attached to an aromatic ring is 1. The van der Waals surface area contributed by atoms with Crippen LogP contribution in [-0.2, 0) is 11.3 Å². The molecule has 24 heavy (non-hydrogen) atoms. The Labute approximate surface area is 148 Å². The van der Waals surface area contributed by atoms with Crippen molar-refractivity contribution in [1.29, 1.82) is 0 Å². The number of nitrogens with two attached hydrogens (primary N) is 1. The van der Waals surface area contributed by atoms with Crippen molar-refractivity contribution in [1.82, 2.24) is 0 Å². The normalized spacial score (nSPS) is 12.1. The van der Waals surface area contributed by atoms with Crippen molar-refractivity contribution in [2.45, 2.75) is 6.61 Å². The average Bonchev–Trinajstić information content (AvgIpc) is 3.03. The molecule has 0 saturated heterocycles. The van der Waals surface area contributed by atoms with Gasteiger partial charge < -0.3 is 24.7 Å². The van der Waals surface area contributed by atoms with E-state index in [0.717, 1.165) is 0 Å². The van der Waals surface area contributed by atoms with Gasteiger partial charge in [-0.05, 0) is 23.8 Å². The molecule has 2 N–H and O–H groups in total. The van der Waals surface area contributed by atoms with Crippen LogP contribution in [0.3, 0.4) is 0 Å². The molecule has 0 atom stereocenters. The number of carbonyl (C=O) groups is 1. The van der Waals surface area contributed by atoms with E-state index >= 15 is 0 Å². The summed E-state index contributed by atoms with van der Waals surface area (Å²) in [5.41, 5.74) is 6.86. The van der Waals surface area contributed by atoms with Gasteiger partial charge in [0.25, 0.3) is 0 Å². The van der Waals surface area contributed by atoms with Gasteiger partial charge in [-0.15, -0.1) is 0 Å². The van der Waals surface area contributed by atoms with E-state index in [0.29, 0.717) is 27.8 Å². The highest BCUT2D eigenvalue weighted by atomic mass is 35.5. The first kappa shape index (κ1) is 16.5. The fourth-order valence-corrected chi connectivity index (χ4v) is 2.68. The van der Waals surface area contributed by atoms with Gasteiger partial charge in [0, 0.05) is 6.07 Å². The first-order chi connectivity index (χ1) is 11.5. The molecule has 1 heterocycles. The summed E-state index contributed by atoms with van der Waals surface area (Å²) in [6.07, 6.45) is 0. The summed E-state index contributed by atoms with van der Waals surface area (Å²) in [4.78, 5) is 12.3. The van der Waals surface area contributed by atoms with Crippen molar-refractivity contribution in [3.8, 4) is 17.2 Å². The molecule has 0 radical (unpaired) electrons. The Kier molecular flexibility index (Phi) is 4.59.